The second kappa shape index (κ2) is 11.7. The molecule has 210 valence electrons. The fraction of sp³-hybridized carbons (Fsp3) is 0.481. The molecule has 0 N–H and O–H groups in total. The number of hydrogen-bond acceptors (Lipinski definition) is 9. The maximum Gasteiger partial charge on any atom is 0.243 e. The molecular formula is C27H33N3O7S2. The molecule has 1 atom stereocenters. The Hall–Kier alpha value is -2.93. The highest BCUT2D eigenvalue weighted by atomic mass is 32.2. The Kier molecular flexibility index (Phi) is 8.27. The SMILES string of the molecule is COc1ccc(S(=O)(=O)N2CCC(C(=O)N(CC3CCCO3)c3nc4c(OC)ccc(OC)c4s3)CC2)cc1. The van der Waals surface area contributed by atoms with Crippen LogP contribution in [0.3, 0.4) is 0 Å². The number of piperidine rings is 1. The van der Waals surface area contributed by atoms with Crippen molar-refractivity contribution >= 4 is 42.6 Å². The van der Waals surface area contributed by atoms with E-state index < -0.39 is 10.0 Å². The Morgan fingerprint density at radius 3 is 2.33 bits per heavy atom. The Morgan fingerprint density at radius 1 is 1.03 bits per heavy atom. The van der Waals surface area contributed by atoms with Crippen molar-refractivity contribution in [2.75, 3.05) is 52.5 Å². The lowest BCUT2D eigenvalue weighted by molar-refractivity contribution is -0.123. The van der Waals surface area contributed by atoms with Crippen molar-refractivity contribution in [3.63, 3.8) is 0 Å². The zero-order valence-corrected chi connectivity index (χ0v) is 23.9. The normalized spacial score (nSPS) is 18.8. The highest BCUT2D eigenvalue weighted by Gasteiger charge is 2.36. The van der Waals surface area contributed by atoms with Crippen molar-refractivity contribution in [3.05, 3.63) is 36.4 Å². The van der Waals surface area contributed by atoms with Crippen molar-refractivity contribution in [3.8, 4) is 17.2 Å². The molecule has 1 aromatic heterocycles. The zero-order chi connectivity index (χ0) is 27.6. The number of amides is 1. The van der Waals surface area contributed by atoms with E-state index >= 15 is 0 Å². The number of sulfonamides is 1. The van der Waals surface area contributed by atoms with Gasteiger partial charge in [-0.1, -0.05) is 11.3 Å². The molecule has 3 heterocycles. The van der Waals surface area contributed by atoms with Gasteiger partial charge in [0.1, 0.15) is 27.5 Å². The van der Waals surface area contributed by atoms with E-state index in [0.717, 1.165) is 17.5 Å². The number of methoxy groups -OCH3 is 3. The van der Waals surface area contributed by atoms with E-state index in [1.54, 1.807) is 49.5 Å². The average Bonchev–Trinajstić information content (AvgIpc) is 3.65. The number of ether oxygens (including phenoxy) is 4. The van der Waals surface area contributed by atoms with Crippen LogP contribution in [0.1, 0.15) is 25.7 Å². The number of aromatic nitrogens is 1. The van der Waals surface area contributed by atoms with Gasteiger partial charge in [-0.05, 0) is 62.1 Å². The standard InChI is InChI=1S/C27H33N3O7S2/c1-34-19-6-8-21(9-7-19)39(32,33)29-14-12-18(13-15-29)26(31)30(17-20-5-4-16-37-20)27-28-24-22(35-2)10-11-23(36-3)25(24)38-27/h6-11,18,20H,4-5,12-17H2,1-3H3. The van der Waals surface area contributed by atoms with E-state index in [0.29, 0.717) is 53.9 Å². The summed E-state index contributed by atoms with van der Waals surface area (Å²) in [5, 5.41) is 0.557. The maximum atomic E-state index is 14.0. The molecule has 0 aliphatic carbocycles. The van der Waals surface area contributed by atoms with Crippen molar-refractivity contribution in [1.82, 2.24) is 9.29 Å². The Labute approximate surface area is 232 Å². The van der Waals surface area contributed by atoms with E-state index in [-0.39, 0.29) is 35.9 Å². The van der Waals surface area contributed by atoms with Crippen LogP contribution in [0.15, 0.2) is 41.3 Å². The molecule has 0 spiro atoms. The average molecular weight is 576 g/mol. The number of thiazole rings is 1. The maximum absolute atomic E-state index is 14.0. The third-order valence-corrected chi connectivity index (χ3v) is 10.3. The summed E-state index contributed by atoms with van der Waals surface area (Å²) in [5.74, 6) is 1.47. The molecule has 3 aromatic rings. The van der Waals surface area contributed by atoms with Crippen molar-refractivity contribution in [2.24, 2.45) is 5.92 Å². The van der Waals surface area contributed by atoms with E-state index in [2.05, 4.69) is 0 Å². The van der Waals surface area contributed by atoms with Crippen LogP contribution in [0.5, 0.6) is 17.2 Å². The lowest BCUT2D eigenvalue weighted by atomic mass is 9.96. The second-order valence-electron chi connectivity index (χ2n) is 9.58. The van der Waals surface area contributed by atoms with Gasteiger partial charge in [0.05, 0.1) is 38.9 Å². The molecule has 2 aliphatic rings. The number of anilines is 1. The molecule has 2 aliphatic heterocycles. The summed E-state index contributed by atoms with van der Waals surface area (Å²) in [5.41, 5.74) is 0.641. The lowest BCUT2D eigenvalue weighted by Crippen LogP contribution is -2.46. The van der Waals surface area contributed by atoms with Crippen LogP contribution in [0.25, 0.3) is 10.2 Å². The zero-order valence-electron chi connectivity index (χ0n) is 22.3. The third kappa shape index (κ3) is 5.56. The van der Waals surface area contributed by atoms with Gasteiger partial charge in [0.2, 0.25) is 15.9 Å². The van der Waals surface area contributed by atoms with Gasteiger partial charge in [0.25, 0.3) is 0 Å². The molecule has 2 fully saturated rings. The summed E-state index contributed by atoms with van der Waals surface area (Å²) in [6, 6.07) is 9.99. The van der Waals surface area contributed by atoms with Crippen LogP contribution < -0.4 is 19.1 Å². The molecule has 2 aromatic carbocycles. The summed E-state index contributed by atoms with van der Waals surface area (Å²) in [7, 11) is 1.06. The predicted molar refractivity (Wildman–Crippen MR) is 149 cm³/mol. The number of carbonyl (C=O) groups is 1. The van der Waals surface area contributed by atoms with Gasteiger partial charge < -0.3 is 18.9 Å². The van der Waals surface area contributed by atoms with Crippen LogP contribution in [0.4, 0.5) is 5.13 Å². The van der Waals surface area contributed by atoms with E-state index in [9.17, 15) is 13.2 Å². The molecule has 2 saturated heterocycles. The minimum Gasteiger partial charge on any atom is -0.497 e. The summed E-state index contributed by atoms with van der Waals surface area (Å²) in [6.07, 6.45) is 2.61. The number of fused-ring (bicyclic) bond motifs is 1. The molecule has 39 heavy (non-hydrogen) atoms. The minimum atomic E-state index is -3.67. The Bertz CT molecular complexity index is 1370. The van der Waals surface area contributed by atoms with Crippen LogP contribution in [0, 0.1) is 5.92 Å². The molecule has 1 amide bonds. The van der Waals surface area contributed by atoms with Crippen LogP contribution >= 0.6 is 11.3 Å². The number of rotatable bonds is 9. The van der Waals surface area contributed by atoms with Gasteiger partial charge >= 0.3 is 0 Å². The molecule has 0 bridgehead atoms. The first kappa shape index (κ1) is 27.6. The van der Waals surface area contributed by atoms with E-state index in [4.69, 9.17) is 23.9 Å². The Balaban J connectivity index is 1.37. The number of benzene rings is 2. The summed E-state index contributed by atoms with van der Waals surface area (Å²) < 4.78 is 50.7. The van der Waals surface area contributed by atoms with Gasteiger partial charge in [-0.2, -0.15) is 4.31 Å². The highest BCUT2D eigenvalue weighted by Crippen LogP contribution is 2.41. The molecule has 10 nitrogen and oxygen atoms in total. The molecular weight excluding hydrogens is 542 g/mol. The van der Waals surface area contributed by atoms with E-state index in [1.165, 1.54) is 22.8 Å². The van der Waals surface area contributed by atoms with Crippen molar-refractivity contribution in [1.29, 1.82) is 0 Å². The number of carbonyl (C=O) groups excluding carboxylic acids is 1. The highest BCUT2D eigenvalue weighted by molar-refractivity contribution is 7.89. The molecule has 5 rings (SSSR count). The molecule has 12 heteroatoms. The summed E-state index contributed by atoms with van der Waals surface area (Å²) in [6.45, 7) is 1.60. The Morgan fingerprint density at radius 2 is 1.72 bits per heavy atom. The first-order chi connectivity index (χ1) is 18.8. The van der Waals surface area contributed by atoms with Crippen molar-refractivity contribution in [2.45, 2.75) is 36.7 Å². The van der Waals surface area contributed by atoms with Crippen LogP contribution in [-0.2, 0) is 19.6 Å². The molecule has 1 unspecified atom stereocenters. The minimum absolute atomic E-state index is 0.0658. The van der Waals surface area contributed by atoms with E-state index in [1.807, 2.05) is 6.07 Å². The fourth-order valence-corrected chi connectivity index (χ4v) is 7.66. The first-order valence-corrected chi connectivity index (χ1v) is 15.2. The van der Waals surface area contributed by atoms with Gasteiger partial charge in [-0.3, -0.25) is 9.69 Å². The van der Waals surface area contributed by atoms with Crippen molar-refractivity contribution < 1.29 is 32.2 Å². The first-order valence-electron chi connectivity index (χ1n) is 12.9. The van der Waals surface area contributed by atoms with Crippen LogP contribution in [0.2, 0.25) is 0 Å². The fourth-order valence-electron chi connectivity index (χ4n) is 5.10. The second-order valence-corrected chi connectivity index (χ2v) is 12.5. The largest absolute Gasteiger partial charge is 0.497 e. The third-order valence-electron chi connectivity index (χ3n) is 7.31. The van der Waals surface area contributed by atoms with Gasteiger partial charge in [-0.15, -0.1) is 0 Å². The van der Waals surface area contributed by atoms with Gasteiger partial charge in [-0.25, -0.2) is 13.4 Å². The molecule has 0 radical (unpaired) electrons. The topological polar surface area (TPSA) is 108 Å². The lowest BCUT2D eigenvalue weighted by Gasteiger charge is -2.33. The van der Waals surface area contributed by atoms with Gasteiger partial charge in [0.15, 0.2) is 5.13 Å². The smallest absolute Gasteiger partial charge is 0.243 e. The molecule has 0 saturated carbocycles. The van der Waals surface area contributed by atoms with Gasteiger partial charge in [0, 0.05) is 25.6 Å². The summed E-state index contributed by atoms with van der Waals surface area (Å²) in [4.78, 5) is 20.7. The number of nitrogens with zero attached hydrogens (tertiary/aromatic N) is 3. The predicted octanol–water partition coefficient (Wildman–Crippen LogP) is 3.94. The quantitative estimate of drug-likeness (QED) is 0.378. The summed E-state index contributed by atoms with van der Waals surface area (Å²) >= 11 is 1.38. The monoisotopic (exact) mass is 575 g/mol. The van der Waals surface area contributed by atoms with Crippen LogP contribution in [-0.4, -0.2) is 77.3 Å². The number of hydrogen-bond donors (Lipinski definition) is 0.